The maximum absolute atomic E-state index is 13.0. The van der Waals surface area contributed by atoms with Crippen molar-refractivity contribution in [1.29, 1.82) is 5.26 Å². The van der Waals surface area contributed by atoms with Crippen molar-refractivity contribution in [3.05, 3.63) is 41.6 Å². The smallest absolute Gasteiger partial charge is 0.381 e. The van der Waals surface area contributed by atoms with E-state index in [0.29, 0.717) is 12.1 Å². The van der Waals surface area contributed by atoms with Crippen molar-refractivity contribution in [3.8, 4) is 6.07 Å². The fourth-order valence-electron chi connectivity index (χ4n) is 2.58. The summed E-state index contributed by atoms with van der Waals surface area (Å²) in [4.78, 5) is 0. The van der Waals surface area contributed by atoms with Crippen molar-refractivity contribution < 1.29 is 34.8 Å². The molecule has 2 N–H and O–H groups in total. The van der Waals surface area contributed by atoms with Crippen LogP contribution in [0.3, 0.4) is 0 Å². The van der Waals surface area contributed by atoms with Crippen LogP contribution < -0.4 is 10.6 Å². The summed E-state index contributed by atoms with van der Waals surface area (Å²) in [7, 11) is -3.86. The van der Waals surface area contributed by atoms with Gasteiger partial charge in [0.1, 0.15) is 11.8 Å². The summed E-state index contributed by atoms with van der Waals surface area (Å²) in [6.07, 6.45) is -10.1. The summed E-state index contributed by atoms with van der Waals surface area (Å²) < 4.78 is 104. The van der Waals surface area contributed by atoms with Gasteiger partial charge >= 0.3 is 12.4 Å². The van der Waals surface area contributed by atoms with Crippen LogP contribution in [-0.4, -0.2) is 31.5 Å². The van der Waals surface area contributed by atoms with Crippen LogP contribution in [0.25, 0.3) is 0 Å². The standard InChI is InChI=1S/C18H21F6N3O2S/c1-10(2)30(28,29)16(9-26-11(3)8-25)12(4)27-15-6-13(17(19,20)21)5-14(7-15)18(22,23)24/h5-7,10,12,16,26-27H,3,9H2,1-2,4H3. The first kappa shape index (κ1) is 25.6. The van der Waals surface area contributed by atoms with E-state index in [9.17, 15) is 34.8 Å². The molecular formula is C18H21F6N3O2S. The summed E-state index contributed by atoms with van der Waals surface area (Å²) in [6.45, 7) is 7.13. The molecule has 2 unspecified atom stereocenters. The van der Waals surface area contributed by atoms with Crippen molar-refractivity contribution >= 4 is 15.5 Å². The highest BCUT2D eigenvalue weighted by molar-refractivity contribution is 7.92. The van der Waals surface area contributed by atoms with Gasteiger partial charge in [-0.1, -0.05) is 6.58 Å². The molecule has 1 aromatic carbocycles. The van der Waals surface area contributed by atoms with E-state index in [1.54, 1.807) is 6.07 Å². The van der Waals surface area contributed by atoms with Crippen LogP contribution in [0.15, 0.2) is 30.5 Å². The van der Waals surface area contributed by atoms with Crippen LogP contribution in [0.2, 0.25) is 0 Å². The number of hydrogen-bond acceptors (Lipinski definition) is 5. The first-order valence-corrected chi connectivity index (χ1v) is 10.2. The molecule has 30 heavy (non-hydrogen) atoms. The number of anilines is 1. The number of nitriles is 1. The van der Waals surface area contributed by atoms with E-state index in [0.717, 1.165) is 0 Å². The third-order valence-corrected chi connectivity index (χ3v) is 7.00. The molecule has 0 aromatic heterocycles. The predicted molar refractivity (Wildman–Crippen MR) is 100 cm³/mol. The second-order valence-corrected chi connectivity index (χ2v) is 9.60. The van der Waals surface area contributed by atoms with Crippen molar-refractivity contribution in [1.82, 2.24) is 5.32 Å². The first-order chi connectivity index (χ1) is 13.5. The van der Waals surface area contributed by atoms with Crippen LogP contribution >= 0.6 is 0 Å². The number of nitrogens with zero attached hydrogens (tertiary/aromatic N) is 1. The summed E-state index contributed by atoms with van der Waals surface area (Å²) >= 11 is 0. The largest absolute Gasteiger partial charge is 0.416 e. The van der Waals surface area contributed by atoms with Gasteiger partial charge in [-0.05, 0) is 39.0 Å². The lowest BCUT2D eigenvalue weighted by molar-refractivity contribution is -0.143. The van der Waals surface area contributed by atoms with Gasteiger partial charge in [0, 0.05) is 18.3 Å². The lowest BCUT2D eigenvalue weighted by Crippen LogP contribution is -2.46. The van der Waals surface area contributed by atoms with Gasteiger partial charge < -0.3 is 10.6 Å². The third-order valence-electron chi connectivity index (χ3n) is 4.27. The van der Waals surface area contributed by atoms with E-state index in [-0.39, 0.29) is 18.3 Å². The van der Waals surface area contributed by atoms with Crippen molar-refractivity contribution in [2.75, 3.05) is 11.9 Å². The molecule has 0 saturated heterocycles. The highest BCUT2D eigenvalue weighted by Crippen LogP contribution is 2.37. The molecule has 0 aliphatic carbocycles. The Bertz CT molecular complexity index is 885. The average Bonchev–Trinajstić information content (AvgIpc) is 2.59. The Balaban J connectivity index is 3.35. The van der Waals surface area contributed by atoms with Crippen molar-refractivity contribution in [2.45, 2.75) is 49.7 Å². The zero-order chi connectivity index (χ0) is 23.5. The average molecular weight is 457 g/mol. The van der Waals surface area contributed by atoms with Gasteiger partial charge in [0.2, 0.25) is 0 Å². The maximum Gasteiger partial charge on any atom is 0.416 e. The normalized spacial score (nSPS) is 14.7. The second kappa shape index (κ2) is 9.16. The van der Waals surface area contributed by atoms with Gasteiger partial charge in [-0.3, -0.25) is 0 Å². The minimum absolute atomic E-state index is 0.0172. The number of sulfone groups is 1. The van der Waals surface area contributed by atoms with Crippen LogP contribution in [0.1, 0.15) is 31.9 Å². The highest BCUT2D eigenvalue weighted by atomic mass is 32.2. The second-order valence-electron chi connectivity index (χ2n) is 6.88. The fourth-order valence-corrected chi connectivity index (χ4v) is 4.24. The van der Waals surface area contributed by atoms with E-state index in [1.807, 2.05) is 0 Å². The molecule has 12 heteroatoms. The monoisotopic (exact) mass is 457 g/mol. The summed E-state index contributed by atoms with van der Waals surface area (Å²) in [5.74, 6) is 0. The number of rotatable bonds is 8. The van der Waals surface area contributed by atoms with Gasteiger partial charge in [-0.15, -0.1) is 0 Å². The Morgan fingerprint density at radius 2 is 1.53 bits per heavy atom. The molecule has 2 atom stereocenters. The van der Waals surface area contributed by atoms with Crippen LogP contribution in [0, 0.1) is 11.3 Å². The molecule has 0 saturated carbocycles. The number of halogens is 6. The molecule has 1 aromatic rings. The zero-order valence-corrected chi connectivity index (χ0v) is 17.1. The van der Waals surface area contributed by atoms with Crippen LogP contribution in [-0.2, 0) is 22.2 Å². The van der Waals surface area contributed by atoms with Gasteiger partial charge in [0.05, 0.1) is 21.6 Å². The Hall–Kier alpha value is -2.42. The molecule has 0 bridgehead atoms. The highest BCUT2D eigenvalue weighted by Gasteiger charge is 2.38. The molecule has 0 heterocycles. The molecule has 168 valence electrons. The number of nitrogens with one attached hydrogen (secondary N) is 2. The molecule has 0 amide bonds. The van der Waals surface area contributed by atoms with Crippen molar-refractivity contribution in [2.24, 2.45) is 0 Å². The molecular weight excluding hydrogens is 436 g/mol. The quantitative estimate of drug-likeness (QED) is 0.448. The minimum atomic E-state index is -5.03. The van der Waals surface area contributed by atoms with Crippen LogP contribution in [0.5, 0.6) is 0 Å². The SMILES string of the molecule is C=C(C#N)NCC(C(C)Nc1cc(C(F)(F)F)cc(C(F)(F)F)c1)S(=O)(=O)C(C)C. The summed E-state index contributed by atoms with van der Waals surface area (Å²) in [5.41, 5.74) is -3.71. The van der Waals surface area contributed by atoms with Gasteiger partial charge in [-0.2, -0.15) is 31.6 Å². The number of alkyl halides is 6. The maximum atomic E-state index is 13.0. The van der Waals surface area contributed by atoms with Crippen LogP contribution in [0.4, 0.5) is 32.0 Å². The Labute approximate surface area is 170 Å². The summed E-state index contributed by atoms with van der Waals surface area (Å²) in [5, 5.41) is 11.5. The predicted octanol–water partition coefficient (Wildman–Crippen LogP) is 4.34. The van der Waals surface area contributed by atoms with Crippen molar-refractivity contribution in [3.63, 3.8) is 0 Å². The topological polar surface area (TPSA) is 82.0 Å². The molecule has 0 fully saturated rings. The lowest BCUT2D eigenvalue weighted by atomic mass is 10.1. The van der Waals surface area contributed by atoms with E-state index < -0.39 is 55.5 Å². The molecule has 1 rings (SSSR count). The molecule has 0 aliphatic rings. The fraction of sp³-hybridized carbons (Fsp3) is 0.500. The minimum Gasteiger partial charge on any atom is -0.381 e. The summed E-state index contributed by atoms with van der Waals surface area (Å²) in [6, 6.07) is 1.51. The molecule has 5 nitrogen and oxygen atoms in total. The van der Waals surface area contributed by atoms with E-state index in [2.05, 4.69) is 17.2 Å². The zero-order valence-electron chi connectivity index (χ0n) is 16.3. The number of hydrogen-bond donors (Lipinski definition) is 2. The van der Waals surface area contributed by atoms with E-state index in [1.165, 1.54) is 20.8 Å². The molecule has 0 spiro atoms. The van der Waals surface area contributed by atoms with Gasteiger partial charge in [-0.25, -0.2) is 8.42 Å². The number of allylic oxidation sites excluding steroid dienone is 1. The molecule has 0 radical (unpaired) electrons. The van der Waals surface area contributed by atoms with Gasteiger partial charge in [0.25, 0.3) is 0 Å². The Kier molecular flexibility index (Phi) is 7.82. The Morgan fingerprint density at radius 1 is 1.07 bits per heavy atom. The third kappa shape index (κ3) is 6.55. The Morgan fingerprint density at radius 3 is 1.90 bits per heavy atom. The number of benzene rings is 1. The van der Waals surface area contributed by atoms with Gasteiger partial charge in [0.15, 0.2) is 9.84 Å². The lowest BCUT2D eigenvalue weighted by Gasteiger charge is -2.28. The van der Waals surface area contributed by atoms with E-state index >= 15 is 0 Å². The van der Waals surface area contributed by atoms with E-state index in [4.69, 9.17) is 5.26 Å². The molecule has 0 aliphatic heterocycles. The first-order valence-electron chi connectivity index (χ1n) is 8.61.